The van der Waals surface area contributed by atoms with Gasteiger partial charge in [0, 0.05) is 52.1 Å². The van der Waals surface area contributed by atoms with Crippen molar-refractivity contribution in [2.24, 2.45) is 0 Å². The maximum Gasteiger partial charge on any atom is 0.328 e. The molecule has 2 aromatic rings. The molecule has 3 aliphatic rings. The molecule has 0 spiro atoms. The Morgan fingerprint density at radius 1 is 1.31 bits per heavy atom. The molecule has 2 fully saturated rings. The predicted molar refractivity (Wildman–Crippen MR) is 142 cm³/mol. The first kappa shape index (κ1) is 26.7. The van der Waals surface area contributed by atoms with Crippen molar-refractivity contribution in [3.63, 3.8) is 0 Å². The van der Waals surface area contributed by atoms with E-state index in [1.807, 2.05) is 11.0 Å². The lowest BCUT2D eigenvalue weighted by molar-refractivity contribution is -0.118. The largest absolute Gasteiger partial charge is 0.380 e. The number of nitriles is 1. The Morgan fingerprint density at radius 3 is 2.92 bits per heavy atom. The highest BCUT2D eigenvalue weighted by Gasteiger charge is 2.29. The number of nitrogens with zero attached hydrogens (tertiary/aromatic N) is 6. The second kappa shape index (κ2) is 11.9. The first-order chi connectivity index (χ1) is 19.0. The number of aromatic nitrogens is 2. The molecule has 39 heavy (non-hydrogen) atoms. The number of urea groups is 1. The molecule has 2 atom stereocenters. The predicted octanol–water partition coefficient (Wildman–Crippen LogP) is 1.77. The lowest BCUT2D eigenvalue weighted by Gasteiger charge is -2.33. The van der Waals surface area contributed by atoms with Crippen LogP contribution in [0.4, 0.5) is 22.1 Å². The number of pyridine rings is 2. The molecule has 2 amide bonds. The average Bonchev–Trinajstić information content (AvgIpc) is 3.46. The van der Waals surface area contributed by atoms with E-state index in [-0.39, 0.29) is 17.8 Å². The standard InChI is InChI=1S/C27H31N7O5/c1-38-22-4-6-33(14-22)24-10-25(29-12-20(24)11-28)31-27(37)34-5-2-3-18-9-19(23(16-36)30-26(18)34)13-32-7-8-39-17-21(32)15-35/h9-10,12,15-16,21-22H,2-8,13-14,17H2,1H3,(H,29,31,37)/t21-,22+/m1/s1. The molecule has 2 aromatic heterocycles. The van der Waals surface area contributed by atoms with E-state index in [0.29, 0.717) is 75.0 Å². The Morgan fingerprint density at radius 2 is 2.18 bits per heavy atom. The van der Waals surface area contributed by atoms with Crippen LogP contribution in [0, 0.1) is 11.3 Å². The molecule has 204 valence electrons. The number of hydrogen-bond acceptors (Lipinski definition) is 10. The van der Waals surface area contributed by atoms with Gasteiger partial charge >= 0.3 is 6.03 Å². The molecule has 3 aliphatic heterocycles. The van der Waals surface area contributed by atoms with Crippen molar-refractivity contribution in [2.75, 3.05) is 61.6 Å². The van der Waals surface area contributed by atoms with Crippen LogP contribution in [0.5, 0.6) is 0 Å². The number of anilines is 3. The summed E-state index contributed by atoms with van der Waals surface area (Å²) in [5, 5.41) is 12.4. The SMILES string of the molecule is CO[C@H]1CCN(c2cc(NC(=O)N3CCCc4cc(CN5CCOC[C@H]5C=O)c(C=O)nc43)ncc2C#N)C1. The van der Waals surface area contributed by atoms with Gasteiger partial charge in [-0.25, -0.2) is 14.8 Å². The molecule has 0 aliphatic carbocycles. The van der Waals surface area contributed by atoms with Crippen LogP contribution < -0.4 is 15.1 Å². The Hall–Kier alpha value is -3.92. The topological polar surface area (TPSA) is 141 Å². The first-order valence-electron chi connectivity index (χ1n) is 13.1. The van der Waals surface area contributed by atoms with Crippen molar-refractivity contribution in [1.29, 1.82) is 5.26 Å². The van der Waals surface area contributed by atoms with E-state index >= 15 is 0 Å². The van der Waals surface area contributed by atoms with Crippen LogP contribution >= 0.6 is 0 Å². The highest BCUT2D eigenvalue weighted by molar-refractivity contribution is 6.02. The molecule has 1 N–H and O–H groups in total. The summed E-state index contributed by atoms with van der Waals surface area (Å²) < 4.78 is 10.9. The quantitative estimate of drug-likeness (QED) is 0.524. The van der Waals surface area contributed by atoms with E-state index in [1.165, 1.54) is 11.1 Å². The third-order valence-corrected chi connectivity index (χ3v) is 7.50. The highest BCUT2D eigenvalue weighted by Crippen LogP contribution is 2.30. The van der Waals surface area contributed by atoms with Crippen molar-refractivity contribution >= 4 is 35.9 Å². The number of rotatable bonds is 7. The zero-order valence-electron chi connectivity index (χ0n) is 21.8. The Bertz CT molecular complexity index is 1300. The molecular weight excluding hydrogens is 502 g/mol. The van der Waals surface area contributed by atoms with Crippen LogP contribution in [-0.4, -0.2) is 92.1 Å². The van der Waals surface area contributed by atoms with Gasteiger partial charge < -0.3 is 19.2 Å². The fourth-order valence-corrected chi connectivity index (χ4v) is 5.36. The van der Waals surface area contributed by atoms with E-state index in [0.717, 1.165) is 36.8 Å². The van der Waals surface area contributed by atoms with Gasteiger partial charge in [0.1, 0.15) is 29.7 Å². The highest BCUT2D eigenvalue weighted by atomic mass is 16.5. The molecule has 12 heteroatoms. The third-order valence-electron chi connectivity index (χ3n) is 7.50. The molecule has 0 unspecified atom stereocenters. The maximum atomic E-state index is 13.4. The number of morpholine rings is 1. The van der Waals surface area contributed by atoms with E-state index < -0.39 is 6.03 Å². The molecule has 0 radical (unpaired) electrons. The molecule has 5 rings (SSSR count). The monoisotopic (exact) mass is 533 g/mol. The fraction of sp³-hybridized carbons (Fsp3) is 0.481. The Labute approximate surface area is 226 Å². The second-order valence-electron chi connectivity index (χ2n) is 9.86. The van der Waals surface area contributed by atoms with Gasteiger partial charge in [-0.2, -0.15) is 5.26 Å². The molecular formula is C27H31N7O5. The number of hydrogen-bond donors (Lipinski definition) is 1. The van der Waals surface area contributed by atoms with Gasteiger partial charge in [-0.05, 0) is 36.5 Å². The number of carbonyl (C=O) groups is 3. The maximum absolute atomic E-state index is 13.4. The summed E-state index contributed by atoms with van der Waals surface area (Å²) in [7, 11) is 1.67. The van der Waals surface area contributed by atoms with E-state index in [4.69, 9.17) is 9.47 Å². The van der Waals surface area contributed by atoms with Crippen molar-refractivity contribution in [3.8, 4) is 6.07 Å². The second-order valence-corrected chi connectivity index (χ2v) is 9.86. The van der Waals surface area contributed by atoms with Gasteiger partial charge in [-0.15, -0.1) is 0 Å². The van der Waals surface area contributed by atoms with Crippen LogP contribution in [-0.2, 0) is 27.2 Å². The van der Waals surface area contributed by atoms with Gasteiger partial charge in [0.2, 0.25) is 0 Å². The zero-order chi connectivity index (χ0) is 27.4. The molecule has 0 saturated carbocycles. The summed E-state index contributed by atoms with van der Waals surface area (Å²) in [5.41, 5.74) is 2.95. The van der Waals surface area contributed by atoms with Gasteiger partial charge in [0.25, 0.3) is 0 Å². The van der Waals surface area contributed by atoms with Gasteiger partial charge in [-0.3, -0.25) is 19.9 Å². The van der Waals surface area contributed by atoms with Crippen LogP contribution in [0.1, 0.15) is 40.0 Å². The number of nitrogens with one attached hydrogen (secondary N) is 1. The number of aryl methyl sites for hydroxylation is 1. The van der Waals surface area contributed by atoms with Crippen molar-refractivity contribution in [3.05, 3.63) is 40.7 Å². The number of methoxy groups -OCH3 is 1. The Kier molecular flexibility index (Phi) is 8.11. The summed E-state index contributed by atoms with van der Waals surface area (Å²) in [6.45, 7) is 3.64. The number of aldehydes is 2. The number of fused-ring (bicyclic) bond motifs is 1. The van der Waals surface area contributed by atoms with E-state index in [2.05, 4.69) is 26.3 Å². The molecule has 2 saturated heterocycles. The minimum Gasteiger partial charge on any atom is -0.380 e. The summed E-state index contributed by atoms with van der Waals surface area (Å²) >= 11 is 0. The van der Waals surface area contributed by atoms with Crippen LogP contribution in [0.15, 0.2) is 18.3 Å². The van der Waals surface area contributed by atoms with Gasteiger partial charge in [0.15, 0.2) is 6.29 Å². The van der Waals surface area contributed by atoms with Crippen LogP contribution in [0.2, 0.25) is 0 Å². The van der Waals surface area contributed by atoms with E-state index in [1.54, 1.807) is 13.2 Å². The summed E-state index contributed by atoms with van der Waals surface area (Å²) in [6, 6.07) is 5.01. The van der Waals surface area contributed by atoms with Gasteiger partial charge in [0.05, 0.1) is 36.6 Å². The number of carbonyl (C=O) groups excluding carboxylic acids is 3. The average molecular weight is 534 g/mol. The normalized spacial score (nSPS) is 21.2. The third kappa shape index (κ3) is 5.61. The smallest absolute Gasteiger partial charge is 0.328 e. The van der Waals surface area contributed by atoms with E-state index in [9.17, 15) is 19.6 Å². The number of ether oxygens (including phenoxy) is 2. The lowest BCUT2D eigenvalue weighted by atomic mass is 10.0. The number of amides is 2. The van der Waals surface area contributed by atoms with Crippen molar-refractivity contribution in [1.82, 2.24) is 14.9 Å². The summed E-state index contributed by atoms with van der Waals surface area (Å²) in [4.78, 5) is 51.3. The summed E-state index contributed by atoms with van der Waals surface area (Å²) in [5.74, 6) is 0.760. The lowest BCUT2D eigenvalue weighted by Crippen LogP contribution is -2.46. The molecule has 0 aromatic carbocycles. The molecule has 12 nitrogen and oxygen atoms in total. The minimum atomic E-state index is -0.415. The van der Waals surface area contributed by atoms with Crippen LogP contribution in [0.3, 0.4) is 0 Å². The zero-order valence-corrected chi connectivity index (χ0v) is 21.8. The van der Waals surface area contributed by atoms with Gasteiger partial charge in [-0.1, -0.05) is 0 Å². The minimum absolute atomic E-state index is 0.0863. The first-order valence-corrected chi connectivity index (χ1v) is 13.1. The Balaban J connectivity index is 1.36. The molecule has 5 heterocycles. The summed E-state index contributed by atoms with van der Waals surface area (Å²) in [6.07, 6.45) is 5.39. The van der Waals surface area contributed by atoms with Crippen molar-refractivity contribution < 1.29 is 23.9 Å². The van der Waals surface area contributed by atoms with Crippen molar-refractivity contribution in [2.45, 2.75) is 38.0 Å². The fourth-order valence-electron chi connectivity index (χ4n) is 5.36. The molecule has 0 bridgehead atoms. The van der Waals surface area contributed by atoms with Crippen LogP contribution in [0.25, 0.3) is 0 Å².